The molecule has 0 aliphatic carbocycles. The third-order valence-corrected chi connectivity index (χ3v) is 3.37. The van der Waals surface area contributed by atoms with E-state index in [1.54, 1.807) is 6.20 Å². The zero-order valence-corrected chi connectivity index (χ0v) is 9.84. The second-order valence-electron chi connectivity index (χ2n) is 4.60. The summed E-state index contributed by atoms with van der Waals surface area (Å²) in [5, 5.41) is 16.1. The Morgan fingerprint density at radius 1 is 1.35 bits per heavy atom. The number of rotatable bonds is 3. The molecule has 17 heavy (non-hydrogen) atoms. The smallest absolute Gasteiger partial charge is 0.177 e. The van der Waals surface area contributed by atoms with Gasteiger partial charge in [0.15, 0.2) is 11.5 Å². The Bertz CT molecular complexity index is 486. The Morgan fingerprint density at radius 2 is 2.35 bits per heavy atom. The first-order valence-corrected chi connectivity index (χ1v) is 6.32. The lowest BCUT2D eigenvalue weighted by molar-refractivity contribution is 0.380. The molecule has 0 saturated carbocycles. The van der Waals surface area contributed by atoms with E-state index in [0.29, 0.717) is 6.04 Å². The zero-order chi connectivity index (χ0) is 11.5. The third-order valence-electron chi connectivity index (χ3n) is 3.37. The monoisotopic (exact) mass is 231 g/mol. The van der Waals surface area contributed by atoms with E-state index < -0.39 is 0 Å². The average molecular weight is 231 g/mol. The van der Waals surface area contributed by atoms with Crippen molar-refractivity contribution in [2.45, 2.75) is 38.1 Å². The first-order chi connectivity index (χ1) is 8.43. The fourth-order valence-corrected chi connectivity index (χ4v) is 2.42. The Morgan fingerprint density at radius 3 is 3.24 bits per heavy atom. The van der Waals surface area contributed by atoms with Crippen molar-refractivity contribution in [3.05, 3.63) is 24.2 Å². The van der Waals surface area contributed by atoms with Gasteiger partial charge < -0.3 is 5.32 Å². The summed E-state index contributed by atoms with van der Waals surface area (Å²) in [4.78, 5) is 0. The molecule has 1 unspecified atom stereocenters. The fourth-order valence-electron chi connectivity index (χ4n) is 2.42. The first kappa shape index (κ1) is 10.7. The van der Waals surface area contributed by atoms with Crippen molar-refractivity contribution >= 4 is 5.65 Å². The number of nitrogens with zero attached hydrogens (tertiary/aromatic N) is 4. The number of hydrogen-bond donors (Lipinski definition) is 1. The Labute approximate surface area is 100 Å². The number of aromatic nitrogens is 4. The van der Waals surface area contributed by atoms with Gasteiger partial charge in [-0.1, -0.05) is 6.42 Å². The Kier molecular flexibility index (Phi) is 3.00. The molecule has 1 fully saturated rings. The summed E-state index contributed by atoms with van der Waals surface area (Å²) in [7, 11) is 0. The summed E-state index contributed by atoms with van der Waals surface area (Å²) in [6.07, 6.45) is 7.78. The van der Waals surface area contributed by atoms with Gasteiger partial charge in [0.2, 0.25) is 0 Å². The second kappa shape index (κ2) is 4.79. The molecule has 1 N–H and O–H groups in total. The molecular formula is C12H17N5. The van der Waals surface area contributed by atoms with E-state index in [4.69, 9.17) is 0 Å². The molecule has 3 rings (SSSR count). The van der Waals surface area contributed by atoms with E-state index in [-0.39, 0.29) is 0 Å². The van der Waals surface area contributed by atoms with E-state index in [2.05, 4.69) is 20.6 Å². The number of aryl methyl sites for hydroxylation is 1. The molecule has 1 aliphatic rings. The summed E-state index contributed by atoms with van der Waals surface area (Å²) < 4.78 is 1.84. The maximum absolute atomic E-state index is 4.28. The van der Waals surface area contributed by atoms with Crippen LogP contribution in [0, 0.1) is 0 Å². The molecule has 5 heteroatoms. The van der Waals surface area contributed by atoms with Crippen molar-refractivity contribution in [3.63, 3.8) is 0 Å². The number of piperidine rings is 1. The van der Waals surface area contributed by atoms with Crippen LogP contribution >= 0.6 is 0 Å². The third kappa shape index (κ3) is 2.29. The molecule has 0 radical (unpaired) electrons. The second-order valence-corrected chi connectivity index (χ2v) is 4.60. The minimum atomic E-state index is 0.639. The lowest BCUT2D eigenvalue weighted by Crippen LogP contribution is -2.34. The van der Waals surface area contributed by atoms with Crippen LogP contribution in [0.5, 0.6) is 0 Å². The Balaban J connectivity index is 1.68. The highest BCUT2D eigenvalue weighted by Crippen LogP contribution is 2.12. The highest BCUT2D eigenvalue weighted by Gasteiger charge is 2.14. The minimum Gasteiger partial charge on any atom is -0.314 e. The van der Waals surface area contributed by atoms with Crippen LogP contribution < -0.4 is 5.32 Å². The summed E-state index contributed by atoms with van der Waals surface area (Å²) in [6, 6.07) is 4.46. The van der Waals surface area contributed by atoms with Gasteiger partial charge in [0.1, 0.15) is 0 Å². The quantitative estimate of drug-likeness (QED) is 0.862. The topological polar surface area (TPSA) is 55.1 Å². The molecule has 1 aliphatic heterocycles. The molecule has 0 bridgehead atoms. The van der Waals surface area contributed by atoms with Gasteiger partial charge in [-0.3, -0.25) is 0 Å². The predicted molar refractivity (Wildman–Crippen MR) is 64.7 cm³/mol. The normalized spacial score (nSPS) is 20.8. The molecule has 2 aromatic rings. The molecule has 1 atom stereocenters. The summed E-state index contributed by atoms with van der Waals surface area (Å²) in [5.74, 6) is 0.966. The van der Waals surface area contributed by atoms with E-state index >= 15 is 0 Å². The molecule has 1 saturated heterocycles. The first-order valence-electron chi connectivity index (χ1n) is 6.32. The van der Waals surface area contributed by atoms with E-state index in [0.717, 1.165) is 30.9 Å². The average Bonchev–Trinajstić information content (AvgIpc) is 2.81. The van der Waals surface area contributed by atoms with Gasteiger partial charge in [0.25, 0.3) is 0 Å². The van der Waals surface area contributed by atoms with Gasteiger partial charge >= 0.3 is 0 Å². The number of fused-ring (bicyclic) bond motifs is 1. The summed E-state index contributed by atoms with van der Waals surface area (Å²) in [5.41, 5.74) is 0.833. The fraction of sp³-hybridized carbons (Fsp3) is 0.583. The lowest BCUT2D eigenvalue weighted by atomic mass is 10.0. The van der Waals surface area contributed by atoms with Gasteiger partial charge in [0, 0.05) is 18.7 Å². The summed E-state index contributed by atoms with van der Waals surface area (Å²) >= 11 is 0. The lowest BCUT2D eigenvalue weighted by Gasteiger charge is -2.22. The van der Waals surface area contributed by atoms with Crippen molar-refractivity contribution in [2.24, 2.45) is 0 Å². The largest absolute Gasteiger partial charge is 0.314 e. The van der Waals surface area contributed by atoms with Crippen LogP contribution in [0.25, 0.3) is 5.65 Å². The highest BCUT2D eigenvalue weighted by molar-refractivity contribution is 5.34. The number of nitrogens with one attached hydrogen (secondary N) is 1. The zero-order valence-electron chi connectivity index (χ0n) is 9.84. The Hall–Kier alpha value is -1.49. The maximum Gasteiger partial charge on any atom is 0.177 e. The van der Waals surface area contributed by atoms with Gasteiger partial charge in [-0.15, -0.1) is 10.2 Å². The van der Waals surface area contributed by atoms with Crippen LogP contribution in [0.1, 0.15) is 31.5 Å². The van der Waals surface area contributed by atoms with Crippen LogP contribution in [-0.2, 0) is 6.42 Å². The van der Waals surface area contributed by atoms with E-state index in [9.17, 15) is 0 Å². The highest BCUT2D eigenvalue weighted by atomic mass is 15.4. The molecule has 0 spiro atoms. The maximum atomic E-state index is 4.28. The van der Waals surface area contributed by atoms with Crippen molar-refractivity contribution in [1.82, 2.24) is 25.1 Å². The molecule has 90 valence electrons. The molecule has 0 amide bonds. The van der Waals surface area contributed by atoms with Gasteiger partial charge in [-0.2, -0.15) is 9.61 Å². The minimum absolute atomic E-state index is 0.639. The molecule has 3 heterocycles. The summed E-state index contributed by atoms with van der Waals surface area (Å²) in [6.45, 7) is 1.16. The van der Waals surface area contributed by atoms with Crippen molar-refractivity contribution in [2.75, 3.05) is 6.54 Å². The standard InChI is InChI=1S/C12H17N5/c1-2-8-13-10(4-1)6-7-12-16-15-11-5-3-9-14-17(11)12/h3,5,9-10,13H,1-2,4,6-8H2. The van der Waals surface area contributed by atoms with Crippen LogP contribution in [0.15, 0.2) is 18.3 Å². The van der Waals surface area contributed by atoms with Gasteiger partial charge in [-0.25, -0.2) is 0 Å². The van der Waals surface area contributed by atoms with E-state index in [1.165, 1.54) is 19.3 Å². The van der Waals surface area contributed by atoms with E-state index in [1.807, 2.05) is 16.6 Å². The predicted octanol–water partition coefficient (Wildman–Crippen LogP) is 1.20. The van der Waals surface area contributed by atoms with Crippen LogP contribution in [0.3, 0.4) is 0 Å². The van der Waals surface area contributed by atoms with Crippen molar-refractivity contribution in [3.8, 4) is 0 Å². The molecule has 2 aromatic heterocycles. The molecule has 5 nitrogen and oxygen atoms in total. The molecule has 0 aromatic carbocycles. The number of hydrogen-bond acceptors (Lipinski definition) is 4. The van der Waals surface area contributed by atoms with Gasteiger partial charge in [-0.05, 0) is 37.9 Å². The van der Waals surface area contributed by atoms with Crippen molar-refractivity contribution < 1.29 is 0 Å². The van der Waals surface area contributed by atoms with Crippen LogP contribution in [0.4, 0.5) is 0 Å². The SMILES string of the molecule is c1cnn2c(CCC3CCCCN3)nnc2c1. The van der Waals surface area contributed by atoms with Gasteiger partial charge in [0.05, 0.1) is 0 Å². The van der Waals surface area contributed by atoms with Crippen LogP contribution in [-0.4, -0.2) is 32.4 Å². The van der Waals surface area contributed by atoms with Crippen LogP contribution in [0.2, 0.25) is 0 Å². The molecular weight excluding hydrogens is 214 g/mol. The van der Waals surface area contributed by atoms with Crippen molar-refractivity contribution in [1.29, 1.82) is 0 Å².